The number of halogens is 1. The van der Waals surface area contributed by atoms with E-state index in [2.05, 4.69) is 11.1 Å². The third-order valence-corrected chi connectivity index (χ3v) is 6.59. The Labute approximate surface area is 200 Å². The highest BCUT2D eigenvalue weighted by molar-refractivity contribution is 6.31. The quantitative estimate of drug-likeness (QED) is 0.430. The molecular formula is C26H20ClN3O4. The first-order valence-electron chi connectivity index (χ1n) is 10.8. The number of carbonyl (C=O) groups is 2. The monoisotopic (exact) mass is 473 g/mol. The number of carbonyl (C=O) groups excluding carboxylic acids is 2. The predicted molar refractivity (Wildman–Crippen MR) is 126 cm³/mol. The minimum absolute atomic E-state index is 0.0132. The lowest BCUT2D eigenvalue weighted by atomic mass is 9.76. The number of ether oxygens (including phenoxy) is 1. The fourth-order valence-corrected chi connectivity index (χ4v) is 5.05. The van der Waals surface area contributed by atoms with Crippen molar-refractivity contribution in [3.63, 3.8) is 0 Å². The molecule has 2 aliphatic rings. The zero-order valence-electron chi connectivity index (χ0n) is 18.3. The highest BCUT2D eigenvalue weighted by atomic mass is 35.5. The second-order valence-corrected chi connectivity index (χ2v) is 8.58. The number of phenolic OH excluding ortho intramolecular Hbond substituents is 1. The maximum absolute atomic E-state index is 13.6. The first-order valence-corrected chi connectivity index (χ1v) is 11.2. The minimum atomic E-state index is -1.54. The normalized spacial score (nSPS) is 18.9. The third kappa shape index (κ3) is 3.03. The summed E-state index contributed by atoms with van der Waals surface area (Å²) in [6, 6.07) is 14.1. The molecule has 0 amide bonds. The van der Waals surface area contributed by atoms with Crippen LogP contribution in [0.3, 0.4) is 0 Å². The van der Waals surface area contributed by atoms with E-state index >= 15 is 0 Å². The lowest BCUT2D eigenvalue weighted by molar-refractivity contribution is -0.155. The molecule has 5 rings (SSSR count). The molecule has 3 heterocycles. The molecule has 1 unspecified atom stereocenters. The van der Waals surface area contributed by atoms with Gasteiger partial charge in [0, 0.05) is 34.2 Å². The highest BCUT2D eigenvalue weighted by Crippen LogP contribution is 2.47. The topological polar surface area (TPSA) is 106 Å². The highest BCUT2D eigenvalue weighted by Gasteiger charge is 2.56. The molecule has 7 nitrogen and oxygen atoms in total. The van der Waals surface area contributed by atoms with E-state index in [1.54, 1.807) is 18.0 Å². The number of aromatic amines is 1. The van der Waals surface area contributed by atoms with Gasteiger partial charge in [0.1, 0.15) is 5.75 Å². The molecule has 0 bridgehead atoms. The number of rotatable bonds is 4. The van der Waals surface area contributed by atoms with Crippen molar-refractivity contribution in [3.05, 3.63) is 87.7 Å². The Hall–Kier alpha value is -4.02. The zero-order valence-corrected chi connectivity index (χ0v) is 19.0. The Balaban J connectivity index is 1.72. The van der Waals surface area contributed by atoms with Crippen molar-refractivity contribution in [2.24, 2.45) is 0 Å². The molecule has 0 spiro atoms. The van der Waals surface area contributed by atoms with Crippen LogP contribution in [0.1, 0.15) is 28.5 Å². The number of para-hydroxylation sites is 1. The van der Waals surface area contributed by atoms with Crippen molar-refractivity contribution in [2.45, 2.75) is 18.9 Å². The first kappa shape index (κ1) is 21.8. The molecule has 1 aromatic heterocycles. The number of Topliss-reactive ketones (excluding diaryl/α,β-unsaturated/α-hetero) is 1. The van der Waals surface area contributed by atoms with Gasteiger partial charge in [-0.2, -0.15) is 5.26 Å². The van der Waals surface area contributed by atoms with Gasteiger partial charge >= 0.3 is 5.97 Å². The Morgan fingerprint density at radius 1 is 1.29 bits per heavy atom. The van der Waals surface area contributed by atoms with Gasteiger partial charge < -0.3 is 19.7 Å². The molecule has 0 radical (unpaired) electrons. The third-order valence-electron chi connectivity index (χ3n) is 6.35. The van der Waals surface area contributed by atoms with E-state index in [1.165, 1.54) is 24.3 Å². The number of esters is 1. The fraction of sp³-hybridized carbons (Fsp3) is 0.192. The van der Waals surface area contributed by atoms with Crippen molar-refractivity contribution in [1.82, 2.24) is 9.88 Å². The van der Waals surface area contributed by atoms with Crippen LogP contribution in [0.4, 0.5) is 0 Å². The number of aromatic nitrogens is 1. The number of ketones is 1. The Bertz CT molecular complexity index is 1460. The number of H-pyrrole nitrogens is 1. The number of phenols is 1. The van der Waals surface area contributed by atoms with E-state index in [1.807, 2.05) is 24.3 Å². The van der Waals surface area contributed by atoms with Gasteiger partial charge in [-0.3, -0.25) is 4.79 Å². The van der Waals surface area contributed by atoms with Gasteiger partial charge in [-0.1, -0.05) is 29.8 Å². The molecule has 34 heavy (non-hydrogen) atoms. The summed E-state index contributed by atoms with van der Waals surface area (Å²) in [5, 5.41) is 21.7. The molecule has 3 aromatic rings. The van der Waals surface area contributed by atoms with Crippen LogP contribution in [0.15, 0.2) is 65.9 Å². The molecule has 0 saturated heterocycles. The summed E-state index contributed by atoms with van der Waals surface area (Å²) in [5.74, 6) is -1.32. The smallest absolute Gasteiger partial charge is 0.343 e. The summed E-state index contributed by atoms with van der Waals surface area (Å²) in [6.45, 7) is 2.22. The maximum atomic E-state index is 13.6. The van der Waals surface area contributed by atoms with Gasteiger partial charge in [-0.25, -0.2) is 4.79 Å². The number of allylic oxidation sites excluding steroid dienone is 2. The van der Waals surface area contributed by atoms with Crippen LogP contribution in [-0.4, -0.2) is 39.9 Å². The summed E-state index contributed by atoms with van der Waals surface area (Å²) in [4.78, 5) is 31.9. The summed E-state index contributed by atoms with van der Waals surface area (Å²) in [5.41, 5.74) is 1.05. The van der Waals surface area contributed by atoms with Crippen molar-refractivity contribution in [3.8, 4) is 11.8 Å². The Morgan fingerprint density at radius 3 is 2.85 bits per heavy atom. The summed E-state index contributed by atoms with van der Waals surface area (Å²) in [6.07, 6.45) is 3.56. The van der Waals surface area contributed by atoms with Crippen LogP contribution in [0, 0.1) is 11.3 Å². The molecule has 2 N–H and O–H groups in total. The number of hydrogen-bond acceptors (Lipinski definition) is 6. The van der Waals surface area contributed by atoms with Gasteiger partial charge in [-0.05, 0) is 49.2 Å². The standard InChI is InChI=1S/C26H20ClN3O4/c1-2-34-25(33)26-16(13-28)11-15(23(32)20-12-17(27)7-8-22(20)31)14-30(26)10-9-19-18-5-3-4-6-21(18)29-24(19)26/h3-8,11-12,14,29,31H,2,9-10H2,1H3. The number of nitrogens with zero attached hydrogens (tertiary/aromatic N) is 2. The molecule has 0 aliphatic carbocycles. The summed E-state index contributed by atoms with van der Waals surface area (Å²) in [7, 11) is 0. The molecular weight excluding hydrogens is 454 g/mol. The van der Waals surface area contributed by atoms with E-state index in [9.17, 15) is 20.0 Å². The van der Waals surface area contributed by atoms with Crippen LogP contribution in [0.5, 0.6) is 5.75 Å². The van der Waals surface area contributed by atoms with Gasteiger partial charge in [0.15, 0.2) is 5.78 Å². The van der Waals surface area contributed by atoms with Crippen LogP contribution < -0.4 is 0 Å². The van der Waals surface area contributed by atoms with E-state index in [0.717, 1.165) is 16.5 Å². The van der Waals surface area contributed by atoms with E-state index < -0.39 is 17.3 Å². The van der Waals surface area contributed by atoms with Crippen LogP contribution in [0.25, 0.3) is 10.9 Å². The molecule has 170 valence electrons. The summed E-state index contributed by atoms with van der Waals surface area (Å²) < 4.78 is 5.48. The summed E-state index contributed by atoms with van der Waals surface area (Å²) >= 11 is 6.03. The zero-order chi connectivity index (χ0) is 24.0. The molecule has 0 saturated carbocycles. The van der Waals surface area contributed by atoms with E-state index in [-0.39, 0.29) is 29.1 Å². The largest absolute Gasteiger partial charge is 0.507 e. The number of hydrogen-bond donors (Lipinski definition) is 2. The van der Waals surface area contributed by atoms with Gasteiger partial charge in [0.25, 0.3) is 0 Å². The van der Waals surface area contributed by atoms with Crippen molar-refractivity contribution in [2.75, 3.05) is 13.2 Å². The molecule has 8 heteroatoms. The number of benzene rings is 2. The number of fused-ring (bicyclic) bond motifs is 5. The maximum Gasteiger partial charge on any atom is 0.343 e. The number of aromatic hydroxyl groups is 1. The van der Waals surface area contributed by atoms with Gasteiger partial charge in [0.2, 0.25) is 5.54 Å². The molecule has 2 aromatic carbocycles. The van der Waals surface area contributed by atoms with Crippen LogP contribution >= 0.6 is 11.6 Å². The van der Waals surface area contributed by atoms with E-state index in [0.29, 0.717) is 23.7 Å². The Morgan fingerprint density at radius 2 is 2.09 bits per heavy atom. The fourth-order valence-electron chi connectivity index (χ4n) is 4.88. The second-order valence-electron chi connectivity index (χ2n) is 8.14. The number of nitriles is 1. The van der Waals surface area contributed by atoms with E-state index in [4.69, 9.17) is 16.3 Å². The second kappa shape index (κ2) is 8.08. The van der Waals surface area contributed by atoms with Gasteiger partial charge in [-0.15, -0.1) is 0 Å². The Kier molecular flexibility index (Phi) is 5.18. The lowest BCUT2D eigenvalue weighted by Crippen LogP contribution is -2.56. The molecule has 1 atom stereocenters. The number of nitrogens with one attached hydrogen (secondary N) is 1. The van der Waals surface area contributed by atoms with Crippen molar-refractivity contribution < 1.29 is 19.4 Å². The SMILES string of the molecule is CCOC(=O)C12C(C#N)=CC(C(=O)c3cc(Cl)ccc3O)=CN1CCc1c2[nH]c2ccccc12. The van der Waals surface area contributed by atoms with Crippen LogP contribution in [0.2, 0.25) is 5.02 Å². The molecule has 0 fully saturated rings. The predicted octanol–water partition coefficient (Wildman–Crippen LogP) is 4.37. The average Bonchev–Trinajstić information content (AvgIpc) is 3.23. The van der Waals surface area contributed by atoms with Crippen molar-refractivity contribution >= 4 is 34.3 Å². The lowest BCUT2D eigenvalue weighted by Gasteiger charge is -2.46. The average molecular weight is 474 g/mol. The molecule has 2 aliphatic heterocycles. The van der Waals surface area contributed by atoms with Crippen molar-refractivity contribution in [1.29, 1.82) is 5.26 Å². The van der Waals surface area contributed by atoms with Crippen LogP contribution in [-0.2, 0) is 21.5 Å². The van der Waals surface area contributed by atoms with Gasteiger partial charge in [0.05, 0.1) is 29.5 Å². The minimum Gasteiger partial charge on any atom is -0.507 e. The first-order chi connectivity index (χ1) is 16.4.